The summed E-state index contributed by atoms with van der Waals surface area (Å²) in [6.07, 6.45) is 7.15. The predicted octanol–water partition coefficient (Wildman–Crippen LogP) is 1.53. The highest BCUT2D eigenvalue weighted by atomic mass is 16.2. The van der Waals surface area contributed by atoms with E-state index in [1.165, 1.54) is 0 Å². The Morgan fingerprint density at radius 1 is 1.42 bits per heavy atom. The summed E-state index contributed by atoms with van der Waals surface area (Å²) in [5.74, 6) is -0.484. The molecule has 1 fully saturated rings. The summed E-state index contributed by atoms with van der Waals surface area (Å²) in [6.45, 7) is 4.86. The van der Waals surface area contributed by atoms with Gasteiger partial charge in [0.15, 0.2) is 0 Å². The third kappa shape index (κ3) is 3.45. The third-order valence-corrected chi connectivity index (χ3v) is 4.11. The molecule has 7 nitrogen and oxygen atoms in total. The molecule has 0 bridgehead atoms. The van der Waals surface area contributed by atoms with E-state index in [1.54, 1.807) is 28.2 Å². The highest BCUT2D eigenvalue weighted by Gasteiger charge is 2.35. The molecular formula is C17H21N5O2. The second-order valence-electron chi connectivity index (χ2n) is 6.26. The standard InChI is InChI=1S/C17H21N5O2/c1-12(2)22-11-15(9-20-22)21-10-14(6-16(21)23)17(24)19-8-13-4-3-5-18-7-13/h3-5,7,9,11-12,14H,6,8,10H2,1-2H3,(H,19,24). The Morgan fingerprint density at radius 3 is 2.92 bits per heavy atom. The molecule has 0 aliphatic carbocycles. The Bertz CT molecular complexity index is 726. The van der Waals surface area contributed by atoms with E-state index in [9.17, 15) is 9.59 Å². The summed E-state index contributed by atoms with van der Waals surface area (Å²) in [5.41, 5.74) is 1.68. The lowest BCUT2D eigenvalue weighted by Crippen LogP contribution is -2.32. The maximum absolute atomic E-state index is 12.3. The van der Waals surface area contributed by atoms with Gasteiger partial charge in [0, 0.05) is 44.1 Å². The lowest BCUT2D eigenvalue weighted by atomic mass is 10.1. The van der Waals surface area contributed by atoms with Gasteiger partial charge in [-0.2, -0.15) is 5.10 Å². The minimum atomic E-state index is -0.337. The van der Waals surface area contributed by atoms with Crippen molar-refractivity contribution in [1.29, 1.82) is 0 Å². The number of carbonyl (C=O) groups is 2. The predicted molar refractivity (Wildman–Crippen MR) is 89.2 cm³/mol. The van der Waals surface area contributed by atoms with E-state index in [2.05, 4.69) is 15.4 Å². The van der Waals surface area contributed by atoms with E-state index < -0.39 is 0 Å². The molecule has 2 amide bonds. The number of rotatable bonds is 5. The number of anilines is 1. The van der Waals surface area contributed by atoms with E-state index in [-0.39, 0.29) is 30.2 Å². The fourth-order valence-corrected chi connectivity index (χ4v) is 2.72. The summed E-state index contributed by atoms with van der Waals surface area (Å²) in [5, 5.41) is 7.13. The summed E-state index contributed by atoms with van der Waals surface area (Å²) in [7, 11) is 0. The second kappa shape index (κ2) is 6.82. The molecule has 1 saturated heterocycles. The molecule has 3 rings (SSSR count). The first-order valence-electron chi connectivity index (χ1n) is 8.05. The van der Waals surface area contributed by atoms with E-state index in [0.717, 1.165) is 11.3 Å². The van der Waals surface area contributed by atoms with Crippen LogP contribution in [0.15, 0.2) is 36.9 Å². The van der Waals surface area contributed by atoms with Crippen LogP contribution in [0.4, 0.5) is 5.69 Å². The van der Waals surface area contributed by atoms with Crippen LogP contribution in [-0.2, 0) is 16.1 Å². The number of pyridine rings is 1. The number of nitrogens with one attached hydrogen (secondary N) is 1. The van der Waals surface area contributed by atoms with Gasteiger partial charge in [-0.3, -0.25) is 19.3 Å². The Labute approximate surface area is 140 Å². The van der Waals surface area contributed by atoms with Crippen LogP contribution in [0, 0.1) is 5.92 Å². The smallest absolute Gasteiger partial charge is 0.227 e. The molecule has 0 aromatic carbocycles. The van der Waals surface area contributed by atoms with Gasteiger partial charge in [-0.25, -0.2) is 0 Å². The molecule has 3 heterocycles. The van der Waals surface area contributed by atoms with Crippen LogP contribution in [0.2, 0.25) is 0 Å². The molecule has 1 N–H and O–H groups in total. The molecule has 24 heavy (non-hydrogen) atoms. The molecule has 1 aliphatic rings. The van der Waals surface area contributed by atoms with Crippen LogP contribution in [0.25, 0.3) is 0 Å². The summed E-state index contributed by atoms with van der Waals surface area (Å²) < 4.78 is 1.80. The molecule has 2 aromatic heterocycles. The first-order valence-corrected chi connectivity index (χ1v) is 8.05. The molecule has 1 unspecified atom stereocenters. The van der Waals surface area contributed by atoms with Crippen LogP contribution in [0.1, 0.15) is 31.9 Å². The molecule has 1 aliphatic heterocycles. The maximum atomic E-state index is 12.3. The molecule has 0 radical (unpaired) electrons. The Hall–Kier alpha value is -2.70. The minimum Gasteiger partial charge on any atom is -0.352 e. The monoisotopic (exact) mass is 327 g/mol. The van der Waals surface area contributed by atoms with Gasteiger partial charge in [0.2, 0.25) is 11.8 Å². The Morgan fingerprint density at radius 2 is 2.25 bits per heavy atom. The van der Waals surface area contributed by atoms with Crippen molar-refractivity contribution in [1.82, 2.24) is 20.1 Å². The van der Waals surface area contributed by atoms with Crippen molar-refractivity contribution in [3.63, 3.8) is 0 Å². The first-order chi connectivity index (χ1) is 11.5. The zero-order chi connectivity index (χ0) is 17.1. The van der Waals surface area contributed by atoms with Gasteiger partial charge in [0.05, 0.1) is 17.8 Å². The van der Waals surface area contributed by atoms with Crippen LogP contribution >= 0.6 is 0 Å². The minimum absolute atomic E-state index is 0.0418. The number of amides is 2. The second-order valence-corrected chi connectivity index (χ2v) is 6.26. The van der Waals surface area contributed by atoms with Crippen molar-refractivity contribution in [2.45, 2.75) is 32.9 Å². The van der Waals surface area contributed by atoms with Crippen molar-refractivity contribution < 1.29 is 9.59 Å². The van der Waals surface area contributed by atoms with Gasteiger partial charge in [-0.1, -0.05) is 6.07 Å². The van der Waals surface area contributed by atoms with Gasteiger partial charge in [-0.05, 0) is 25.5 Å². The number of hydrogen-bond donors (Lipinski definition) is 1. The third-order valence-electron chi connectivity index (χ3n) is 4.11. The highest BCUT2D eigenvalue weighted by molar-refractivity contribution is 6.00. The SMILES string of the molecule is CC(C)n1cc(N2CC(C(=O)NCc3cccnc3)CC2=O)cn1. The molecule has 0 saturated carbocycles. The topological polar surface area (TPSA) is 80.1 Å². The van der Waals surface area contributed by atoms with Crippen molar-refractivity contribution in [3.8, 4) is 0 Å². The maximum Gasteiger partial charge on any atom is 0.227 e. The summed E-state index contributed by atoms with van der Waals surface area (Å²) in [4.78, 5) is 30.2. The van der Waals surface area contributed by atoms with Gasteiger partial charge in [0.1, 0.15) is 0 Å². The number of hydrogen-bond acceptors (Lipinski definition) is 4. The zero-order valence-corrected chi connectivity index (χ0v) is 13.8. The lowest BCUT2D eigenvalue weighted by molar-refractivity contribution is -0.126. The van der Waals surface area contributed by atoms with Gasteiger partial charge in [-0.15, -0.1) is 0 Å². The van der Waals surface area contributed by atoms with E-state index in [0.29, 0.717) is 13.1 Å². The van der Waals surface area contributed by atoms with Crippen molar-refractivity contribution >= 4 is 17.5 Å². The lowest BCUT2D eigenvalue weighted by Gasteiger charge is -2.14. The molecule has 2 aromatic rings. The number of nitrogens with zero attached hydrogens (tertiary/aromatic N) is 4. The average Bonchev–Trinajstić information content (AvgIpc) is 3.20. The van der Waals surface area contributed by atoms with E-state index in [1.807, 2.05) is 32.2 Å². The van der Waals surface area contributed by atoms with E-state index in [4.69, 9.17) is 0 Å². The van der Waals surface area contributed by atoms with Crippen molar-refractivity contribution in [2.75, 3.05) is 11.4 Å². The Balaban J connectivity index is 1.60. The van der Waals surface area contributed by atoms with Gasteiger partial charge < -0.3 is 10.2 Å². The zero-order valence-electron chi connectivity index (χ0n) is 13.8. The van der Waals surface area contributed by atoms with Crippen molar-refractivity contribution in [3.05, 3.63) is 42.5 Å². The van der Waals surface area contributed by atoms with Crippen LogP contribution in [0.5, 0.6) is 0 Å². The average molecular weight is 327 g/mol. The van der Waals surface area contributed by atoms with Crippen molar-refractivity contribution in [2.24, 2.45) is 5.92 Å². The molecule has 1 atom stereocenters. The first kappa shape index (κ1) is 16.2. The number of carbonyl (C=O) groups excluding carboxylic acids is 2. The number of aromatic nitrogens is 3. The summed E-state index contributed by atoms with van der Waals surface area (Å²) >= 11 is 0. The van der Waals surface area contributed by atoms with Gasteiger partial charge in [0.25, 0.3) is 0 Å². The van der Waals surface area contributed by atoms with E-state index >= 15 is 0 Å². The normalized spacial score (nSPS) is 17.5. The highest BCUT2D eigenvalue weighted by Crippen LogP contribution is 2.25. The molecule has 126 valence electrons. The molecular weight excluding hydrogens is 306 g/mol. The quantitative estimate of drug-likeness (QED) is 0.903. The Kier molecular flexibility index (Phi) is 4.59. The van der Waals surface area contributed by atoms with Gasteiger partial charge >= 0.3 is 0 Å². The fraction of sp³-hybridized carbons (Fsp3) is 0.412. The fourth-order valence-electron chi connectivity index (χ4n) is 2.72. The summed E-state index contributed by atoms with van der Waals surface area (Å²) in [6, 6.07) is 3.96. The molecule has 0 spiro atoms. The van der Waals surface area contributed by atoms with Crippen LogP contribution in [0.3, 0.4) is 0 Å². The van der Waals surface area contributed by atoms with Crippen LogP contribution in [-0.4, -0.2) is 33.1 Å². The van der Waals surface area contributed by atoms with Crippen LogP contribution < -0.4 is 10.2 Å². The largest absolute Gasteiger partial charge is 0.352 e. The molecule has 7 heteroatoms.